The van der Waals surface area contributed by atoms with Crippen molar-refractivity contribution in [1.82, 2.24) is 15.1 Å². The van der Waals surface area contributed by atoms with Gasteiger partial charge >= 0.3 is 47.5 Å². The Morgan fingerprint density at radius 1 is 0.812 bits per heavy atom. The van der Waals surface area contributed by atoms with Crippen LogP contribution in [-0.4, -0.2) is 112 Å². The fraction of sp³-hybridized carbons (Fsp3) is 0.818. The molecule has 274 valence electrons. The van der Waals surface area contributed by atoms with E-state index >= 15 is 0 Å². The Hall–Kier alpha value is -2.26. The van der Waals surface area contributed by atoms with Crippen LogP contribution in [0, 0.1) is 11.8 Å². The molecule has 0 saturated carbocycles. The summed E-state index contributed by atoms with van der Waals surface area (Å²) in [5.74, 6) is 0.255. The smallest absolute Gasteiger partial charge is 0.662 e. The van der Waals surface area contributed by atoms with Crippen molar-refractivity contribution in [1.29, 1.82) is 0 Å². The normalized spacial score (nSPS) is 12.6. The summed E-state index contributed by atoms with van der Waals surface area (Å²) in [6.07, 6.45) is 8.49. The van der Waals surface area contributed by atoms with E-state index < -0.39 is 17.9 Å². The molecule has 0 spiro atoms. The topological polar surface area (TPSA) is 176 Å². The quantitative estimate of drug-likeness (QED) is 0.0368. The van der Waals surface area contributed by atoms with E-state index in [1.807, 2.05) is 6.92 Å². The fourth-order valence-corrected chi connectivity index (χ4v) is 4.77. The first-order chi connectivity index (χ1) is 22.6. The van der Waals surface area contributed by atoms with Gasteiger partial charge in [0.1, 0.15) is 6.54 Å². The van der Waals surface area contributed by atoms with Crippen LogP contribution in [0.5, 0.6) is 0 Å². The van der Waals surface area contributed by atoms with Crippen molar-refractivity contribution in [2.75, 3.05) is 65.6 Å². The van der Waals surface area contributed by atoms with E-state index in [2.05, 4.69) is 36.0 Å². The number of esters is 3. The summed E-state index contributed by atoms with van der Waals surface area (Å²) in [5, 5.41) is 11.8. The van der Waals surface area contributed by atoms with Crippen LogP contribution in [0.3, 0.4) is 0 Å². The zero-order valence-electron chi connectivity index (χ0n) is 30.9. The van der Waals surface area contributed by atoms with Crippen molar-refractivity contribution in [3.8, 4) is 0 Å². The van der Waals surface area contributed by atoms with Crippen molar-refractivity contribution < 1.29 is 77.9 Å². The monoisotopic (exact) mass is 696 g/mol. The van der Waals surface area contributed by atoms with Crippen molar-refractivity contribution in [2.24, 2.45) is 16.8 Å². The van der Waals surface area contributed by atoms with E-state index in [1.54, 1.807) is 25.7 Å². The molecule has 2 atom stereocenters. The molecule has 0 bridgehead atoms. The number of hydrogen-bond acceptors (Lipinski definition) is 13. The third-order valence-electron chi connectivity index (χ3n) is 7.21. The number of rotatable bonds is 23. The third-order valence-corrected chi connectivity index (χ3v) is 7.21. The summed E-state index contributed by atoms with van der Waals surface area (Å²) in [6, 6.07) is 0. The van der Waals surface area contributed by atoms with Gasteiger partial charge in [-0.05, 0) is 46.5 Å². The minimum Gasteiger partial charge on any atom is -0.662 e. The minimum atomic E-state index is -0.483. The molecule has 0 fully saturated rings. The van der Waals surface area contributed by atoms with Crippen LogP contribution in [0.25, 0.3) is 0 Å². The molecule has 1 heterocycles. The Bertz CT molecular complexity index is 874. The molecule has 1 amide bonds. The predicted octanol–water partition coefficient (Wildman–Crippen LogP) is -0.334. The van der Waals surface area contributed by atoms with Gasteiger partial charge < -0.3 is 34.6 Å². The van der Waals surface area contributed by atoms with Gasteiger partial charge in [-0.1, -0.05) is 53.4 Å². The first kappa shape index (κ1) is 50.1. The van der Waals surface area contributed by atoms with Crippen LogP contribution in [0.2, 0.25) is 0 Å². The van der Waals surface area contributed by atoms with Crippen molar-refractivity contribution in [3.05, 3.63) is 0 Å². The van der Waals surface area contributed by atoms with Gasteiger partial charge in [0.25, 0.3) is 6.47 Å². The molecular formula is C33H61N4NaO10. The van der Waals surface area contributed by atoms with E-state index in [9.17, 15) is 19.2 Å². The molecule has 0 radical (unpaired) electrons. The molecular weight excluding hydrogens is 635 g/mol. The Morgan fingerprint density at radius 2 is 1.31 bits per heavy atom. The van der Waals surface area contributed by atoms with Crippen molar-refractivity contribution in [2.45, 2.75) is 99.8 Å². The van der Waals surface area contributed by atoms with Gasteiger partial charge in [0.05, 0.1) is 45.3 Å². The third kappa shape index (κ3) is 25.7. The number of ether oxygens (including phenoxy) is 3. The molecule has 1 rings (SSSR count). The zero-order valence-corrected chi connectivity index (χ0v) is 32.9. The molecule has 1 N–H and O–H groups in total. The van der Waals surface area contributed by atoms with E-state index in [4.69, 9.17) is 24.3 Å². The first-order valence-electron chi connectivity index (χ1n) is 17.1. The van der Waals surface area contributed by atoms with Crippen LogP contribution in [-0.2, 0) is 43.1 Å². The zero-order chi connectivity index (χ0) is 35.9. The molecule has 48 heavy (non-hydrogen) atoms. The second kappa shape index (κ2) is 34.6. The Morgan fingerprint density at radius 3 is 1.71 bits per heavy atom. The Kier molecular flexibility index (Phi) is 36.1. The second-order valence-electron chi connectivity index (χ2n) is 10.8. The van der Waals surface area contributed by atoms with Crippen molar-refractivity contribution in [3.63, 3.8) is 0 Å². The number of nitrogens with one attached hydrogen (secondary N) is 1. The number of unbranched alkanes of at least 4 members (excludes halogenated alkanes) is 2. The van der Waals surface area contributed by atoms with E-state index in [-0.39, 0.29) is 100 Å². The maximum Gasteiger partial charge on any atom is 1.00 e. The Balaban J connectivity index is -0.000000975. The number of carbonyl (C=O) groups excluding carboxylic acids is 5. The minimum absolute atomic E-state index is 0. The summed E-state index contributed by atoms with van der Waals surface area (Å²) >= 11 is 0. The number of hydrogen-bond donors (Lipinski definition) is 1. The standard InChI is InChI=1S/C22H40N2O7.C10H20N2.CH2O3.Na/c1-6-11-12-18(7-2)22(28)24(17-21(27)31-10-5)14-13-23(15-19(25)29-8-3)16-20(26)30-9-4;1-3-5-6-9(4-2)10-11-7-8-12-10;2-1-4-3;/h18H,6-17H2,1-5H3;9H,3-8H2,1-2H3,(H,11,12);1,3H;/q;;;+1/p-1. The number of aliphatic imine (C=N–C) groups is 1. The van der Waals surface area contributed by atoms with Gasteiger partial charge in [-0.3, -0.25) is 33.9 Å². The largest absolute Gasteiger partial charge is 1.00 e. The molecule has 0 aromatic carbocycles. The molecule has 0 aliphatic carbocycles. The van der Waals surface area contributed by atoms with Crippen LogP contribution < -0.4 is 40.1 Å². The summed E-state index contributed by atoms with van der Waals surface area (Å²) in [7, 11) is 0. The predicted molar refractivity (Wildman–Crippen MR) is 177 cm³/mol. The van der Waals surface area contributed by atoms with Gasteiger partial charge in [-0.15, -0.1) is 0 Å². The SMILES string of the molecule is CCCCC(CC)C(=O)N(CCN(CC(=O)OCC)CC(=O)OCC)CC(=O)OCC.CCCCC(CC)C1=NCCN1.O=CO[O-].[Na+]. The number of amidine groups is 1. The van der Waals surface area contributed by atoms with Crippen molar-refractivity contribution >= 4 is 36.1 Å². The van der Waals surface area contributed by atoms with Crippen LogP contribution in [0.1, 0.15) is 99.8 Å². The summed E-state index contributed by atoms with van der Waals surface area (Å²) < 4.78 is 15.0. The Labute approximate surface area is 310 Å². The van der Waals surface area contributed by atoms with Crippen LogP contribution in [0.4, 0.5) is 0 Å². The average molecular weight is 697 g/mol. The van der Waals surface area contributed by atoms with E-state index in [0.717, 1.165) is 32.4 Å². The molecule has 0 aromatic heterocycles. The maximum atomic E-state index is 13.1. The van der Waals surface area contributed by atoms with Gasteiger partial charge in [0.15, 0.2) is 0 Å². The molecule has 15 heteroatoms. The average Bonchev–Trinajstić information content (AvgIpc) is 3.59. The van der Waals surface area contributed by atoms with E-state index in [0.29, 0.717) is 12.3 Å². The summed E-state index contributed by atoms with van der Waals surface area (Å²) in [6.45, 7) is 16.2. The maximum absolute atomic E-state index is 13.1. The molecule has 0 saturated heterocycles. The number of carbonyl (C=O) groups is 5. The molecule has 2 unspecified atom stereocenters. The van der Waals surface area contributed by atoms with Crippen LogP contribution in [0.15, 0.2) is 4.99 Å². The summed E-state index contributed by atoms with van der Waals surface area (Å²) in [4.78, 5) is 67.8. The fourth-order valence-electron chi connectivity index (χ4n) is 4.77. The molecule has 0 aromatic rings. The number of amides is 1. The second-order valence-corrected chi connectivity index (χ2v) is 10.8. The van der Waals surface area contributed by atoms with Gasteiger partial charge in [0.2, 0.25) is 5.91 Å². The molecule has 14 nitrogen and oxygen atoms in total. The van der Waals surface area contributed by atoms with Gasteiger partial charge in [0, 0.05) is 31.5 Å². The van der Waals surface area contributed by atoms with Gasteiger partial charge in [-0.2, -0.15) is 0 Å². The van der Waals surface area contributed by atoms with Gasteiger partial charge in [-0.25, -0.2) is 0 Å². The summed E-state index contributed by atoms with van der Waals surface area (Å²) in [5.41, 5.74) is 0. The van der Waals surface area contributed by atoms with Crippen LogP contribution >= 0.6 is 0 Å². The van der Waals surface area contributed by atoms with E-state index in [1.165, 1.54) is 36.4 Å². The number of nitrogens with zero attached hydrogens (tertiary/aromatic N) is 3. The first-order valence-corrected chi connectivity index (χ1v) is 17.1. The molecule has 1 aliphatic heterocycles. The molecule has 1 aliphatic rings.